The van der Waals surface area contributed by atoms with E-state index in [1.807, 2.05) is 62.4 Å². The lowest BCUT2D eigenvalue weighted by Gasteiger charge is -2.20. The van der Waals surface area contributed by atoms with Gasteiger partial charge in [-0.1, -0.05) is 77.2 Å². The molecule has 0 aromatic heterocycles. The Morgan fingerprint density at radius 1 is 1.06 bits per heavy atom. The zero-order valence-electron chi connectivity index (χ0n) is 19.1. The molecule has 0 fully saturated rings. The number of ether oxygens (including phenoxy) is 1. The zero-order chi connectivity index (χ0) is 25.4. The van der Waals surface area contributed by atoms with Gasteiger partial charge in [0.25, 0.3) is 11.8 Å². The summed E-state index contributed by atoms with van der Waals surface area (Å²) in [5, 5.41) is 7.41. The van der Waals surface area contributed by atoms with E-state index in [2.05, 4.69) is 31.8 Å². The van der Waals surface area contributed by atoms with Gasteiger partial charge in [-0.15, -0.1) is 0 Å². The van der Waals surface area contributed by atoms with Crippen molar-refractivity contribution in [1.29, 1.82) is 0 Å². The molecule has 0 saturated heterocycles. The maximum absolute atomic E-state index is 12.8. The minimum Gasteiger partial charge on any atom is -0.488 e. The molecular weight excluding hydrogens is 553 g/mol. The number of hydrogen-bond acceptors (Lipinski definition) is 4. The Bertz CT molecular complexity index is 1220. The third-order valence-corrected chi connectivity index (χ3v) is 6.09. The number of amides is 2. The molecule has 9 heteroatoms. The Labute approximate surface area is 222 Å². The molecular formula is C26H24BrCl2N3O3. The lowest BCUT2D eigenvalue weighted by atomic mass is 10.0. The summed E-state index contributed by atoms with van der Waals surface area (Å²) in [6.45, 7) is 4.03. The van der Waals surface area contributed by atoms with Gasteiger partial charge in [-0.05, 0) is 53.9 Å². The summed E-state index contributed by atoms with van der Waals surface area (Å²) in [5.41, 5.74) is 4.45. The van der Waals surface area contributed by atoms with Gasteiger partial charge >= 0.3 is 0 Å². The molecule has 3 aromatic rings. The summed E-state index contributed by atoms with van der Waals surface area (Å²) in [7, 11) is 0. The molecule has 0 radical (unpaired) electrons. The van der Waals surface area contributed by atoms with Crippen LogP contribution in [0.2, 0.25) is 10.0 Å². The molecule has 0 aliphatic heterocycles. The number of rotatable bonds is 9. The summed E-state index contributed by atoms with van der Waals surface area (Å²) in [4.78, 5) is 25.4. The van der Waals surface area contributed by atoms with Crippen molar-refractivity contribution >= 4 is 57.2 Å². The first-order valence-electron chi connectivity index (χ1n) is 10.8. The van der Waals surface area contributed by atoms with Crippen molar-refractivity contribution in [1.82, 2.24) is 10.7 Å². The van der Waals surface area contributed by atoms with Crippen LogP contribution >= 0.6 is 39.1 Å². The highest BCUT2D eigenvalue weighted by Crippen LogP contribution is 2.21. The first kappa shape index (κ1) is 26.7. The Morgan fingerprint density at radius 3 is 2.46 bits per heavy atom. The lowest BCUT2D eigenvalue weighted by Crippen LogP contribution is -2.48. The molecule has 0 bridgehead atoms. The normalized spacial score (nSPS) is 11.9. The van der Waals surface area contributed by atoms with Gasteiger partial charge in [0.05, 0.1) is 16.8 Å². The van der Waals surface area contributed by atoms with Crippen LogP contribution in [-0.2, 0) is 11.4 Å². The lowest BCUT2D eigenvalue weighted by molar-refractivity contribution is -0.123. The molecule has 0 heterocycles. The third-order valence-electron chi connectivity index (χ3n) is 5.02. The predicted octanol–water partition coefficient (Wildman–Crippen LogP) is 6.24. The zero-order valence-corrected chi connectivity index (χ0v) is 22.2. The quantitative estimate of drug-likeness (QED) is 0.234. The van der Waals surface area contributed by atoms with E-state index in [1.54, 1.807) is 6.07 Å². The van der Waals surface area contributed by atoms with Crippen LogP contribution in [0.3, 0.4) is 0 Å². The van der Waals surface area contributed by atoms with Crippen LogP contribution in [-0.4, -0.2) is 24.1 Å². The molecule has 2 N–H and O–H groups in total. The highest BCUT2D eigenvalue weighted by Gasteiger charge is 2.25. The second-order valence-corrected chi connectivity index (χ2v) is 9.77. The maximum Gasteiger partial charge on any atom is 0.262 e. The van der Waals surface area contributed by atoms with Crippen molar-refractivity contribution < 1.29 is 14.3 Å². The number of carbonyl (C=O) groups is 2. The smallest absolute Gasteiger partial charge is 0.262 e. The monoisotopic (exact) mass is 575 g/mol. The summed E-state index contributed by atoms with van der Waals surface area (Å²) in [6.07, 6.45) is 1.50. The number of carbonyl (C=O) groups excluding carboxylic acids is 2. The Morgan fingerprint density at radius 2 is 1.77 bits per heavy atom. The van der Waals surface area contributed by atoms with Gasteiger partial charge in [0.2, 0.25) is 0 Å². The Balaban J connectivity index is 1.63. The topological polar surface area (TPSA) is 79.8 Å². The molecule has 3 aromatic carbocycles. The first-order valence-corrected chi connectivity index (χ1v) is 12.3. The minimum absolute atomic E-state index is 0.193. The highest BCUT2D eigenvalue weighted by molar-refractivity contribution is 9.10. The van der Waals surface area contributed by atoms with E-state index in [-0.39, 0.29) is 16.5 Å². The van der Waals surface area contributed by atoms with E-state index < -0.39 is 17.9 Å². The average Bonchev–Trinajstić information content (AvgIpc) is 2.82. The van der Waals surface area contributed by atoms with Gasteiger partial charge in [0.1, 0.15) is 18.4 Å². The van der Waals surface area contributed by atoms with E-state index in [9.17, 15) is 9.59 Å². The number of hydrazone groups is 1. The van der Waals surface area contributed by atoms with Crippen molar-refractivity contribution in [2.75, 3.05) is 0 Å². The summed E-state index contributed by atoms with van der Waals surface area (Å²) in [5.74, 6) is -0.500. The average molecular weight is 577 g/mol. The molecule has 2 amide bonds. The maximum atomic E-state index is 12.8. The van der Waals surface area contributed by atoms with Crippen molar-refractivity contribution in [3.8, 4) is 5.75 Å². The van der Waals surface area contributed by atoms with Crippen molar-refractivity contribution in [2.45, 2.75) is 26.5 Å². The molecule has 0 aliphatic rings. The standard InChI is InChI=1S/C26H24BrCl2N3O3/c1-16(2)24(31-25(33)21-12-11-20(28)13-22(21)29)26(34)32-30-14-18-5-3-4-6-23(18)35-15-17-7-9-19(27)10-8-17/h3-14,16,24H,15H2,1-2H3,(H,31,33)(H,32,34). The molecule has 3 rings (SSSR count). The molecule has 35 heavy (non-hydrogen) atoms. The number of nitrogens with one attached hydrogen (secondary N) is 2. The Hall–Kier alpha value is -2.87. The molecule has 1 unspecified atom stereocenters. The molecule has 1 atom stereocenters. The SMILES string of the molecule is CC(C)C(NC(=O)c1ccc(Cl)cc1Cl)C(=O)NN=Cc1ccccc1OCc1ccc(Br)cc1. The van der Waals surface area contributed by atoms with Crippen LogP contribution in [0, 0.1) is 5.92 Å². The second-order valence-electron chi connectivity index (χ2n) is 8.01. The van der Waals surface area contributed by atoms with Crippen molar-refractivity contribution in [2.24, 2.45) is 11.0 Å². The minimum atomic E-state index is -0.824. The third kappa shape index (κ3) is 7.82. The van der Waals surface area contributed by atoms with Crippen LogP contribution in [0.15, 0.2) is 76.3 Å². The number of para-hydroxylation sites is 1. The fraction of sp³-hybridized carbons (Fsp3) is 0.192. The van der Waals surface area contributed by atoms with Crippen LogP contribution in [0.1, 0.15) is 35.3 Å². The van der Waals surface area contributed by atoms with E-state index in [1.165, 1.54) is 18.3 Å². The largest absolute Gasteiger partial charge is 0.488 e. The van der Waals surface area contributed by atoms with E-state index in [4.69, 9.17) is 27.9 Å². The molecule has 6 nitrogen and oxygen atoms in total. The van der Waals surface area contributed by atoms with Gasteiger partial charge in [-0.25, -0.2) is 5.43 Å². The number of halogens is 3. The number of benzene rings is 3. The van der Waals surface area contributed by atoms with Gasteiger partial charge in [0.15, 0.2) is 0 Å². The van der Waals surface area contributed by atoms with Crippen LogP contribution in [0.5, 0.6) is 5.75 Å². The fourth-order valence-corrected chi connectivity index (χ4v) is 3.88. The summed E-state index contributed by atoms with van der Waals surface area (Å²) in [6, 6.07) is 18.9. The Kier molecular flexibility index (Phi) is 9.72. The fourth-order valence-electron chi connectivity index (χ4n) is 3.12. The molecule has 0 saturated carbocycles. The van der Waals surface area contributed by atoms with E-state index >= 15 is 0 Å². The van der Waals surface area contributed by atoms with Gasteiger partial charge in [-0.3, -0.25) is 9.59 Å². The van der Waals surface area contributed by atoms with Crippen molar-refractivity contribution in [3.05, 3.63) is 97.9 Å². The first-order chi connectivity index (χ1) is 16.7. The van der Waals surface area contributed by atoms with Crippen molar-refractivity contribution in [3.63, 3.8) is 0 Å². The summed E-state index contributed by atoms with van der Waals surface area (Å²) < 4.78 is 6.93. The van der Waals surface area contributed by atoms with Gasteiger partial charge in [0, 0.05) is 15.1 Å². The predicted molar refractivity (Wildman–Crippen MR) is 143 cm³/mol. The second kappa shape index (κ2) is 12.7. The summed E-state index contributed by atoms with van der Waals surface area (Å²) >= 11 is 15.4. The van der Waals surface area contributed by atoms with Gasteiger partial charge < -0.3 is 10.1 Å². The van der Waals surface area contributed by atoms with Crippen LogP contribution < -0.4 is 15.5 Å². The van der Waals surface area contributed by atoms with E-state index in [0.717, 1.165) is 10.0 Å². The van der Waals surface area contributed by atoms with Gasteiger partial charge in [-0.2, -0.15) is 5.10 Å². The molecule has 182 valence electrons. The van der Waals surface area contributed by atoms with Crippen LogP contribution in [0.4, 0.5) is 0 Å². The van der Waals surface area contributed by atoms with Crippen LogP contribution in [0.25, 0.3) is 0 Å². The highest BCUT2D eigenvalue weighted by atomic mass is 79.9. The molecule has 0 spiro atoms. The molecule has 0 aliphatic carbocycles. The van der Waals surface area contributed by atoms with E-state index in [0.29, 0.717) is 22.9 Å². The number of nitrogens with zero attached hydrogens (tertiary/aromatic N) is 1. The number of hydrogen-bond donors (Lipinski definition) is 2.